The lowest BCUT2D eigenvalue weighted by atomic mass is 10.0. The van der Waals surface area contributed by atoms with Crippen LogP contribution in [-0.2, 0) is 25.7 Å². The van der Waals surface area contributed by atoms with Crippen molar-refractivity contribution in [3.8, 4) is 0 Å². The number of ether oxygens (including phenoxy) is 1. The maximum atomic E-state index is 13.7. The SMILES string of the molecule is CN1CCC[C@H]1C(=O)Nc1ccc(C2SC(=Nc3ccc(N4CCOCC4)cc3)N(Cc3ccccn3)C2=O)cc1.O=CC(F)C1C=CC=CC=C1. The van der Waals surface area contributed by atoms with Gasteiger partial charge in [0.1, 0.15) is 5.25 Å². The van der Waals surface area contributed by atoms with Gasteiger partial charge in [0.05, 0.1) is 37.2 Å². The molecule has 7 rings (SSSR count). The molecule has 0 saturated carbocycles. The molecule has 3 saturated heterocycles. The number of hydrogen-bond donors (Lipinski definition) is 1. The number of likely N-dealkylation sites (tertiary alicyclic amines) is 1. The molecule has 270 valence electrons. The van der Waals surface area contributed by atoms with Gasteiger partial charge in [-0.3, -0.25) is 24.4 Å². The largest absolute Gasteiger partial charge is 0.378 e. The molecule has 1 aromatic heterocycles. The van der Waals surface area contributed by atoms with E-state index in [1.165, 1.54) is 11.8 Å². The monoisotopic (exact) mass is 722 g/mol. The molecule has 3 aromatic rings. The Labute approximate surface area is 308 Å². The first kappa shape index (κ1) is 36.9. The smallest absolute Gasteiger partial charge is 0.247 e. The predicted molar refractivity (Wildman–Crippen MR) is 204 cm³/mol. The fourth-order valence-electron chi connectivity index (χ4n) is 6.31. The Morgan fingerprint density at radius 1 is 1.02 bits per heavy atom. The second-order valence-corrected chi connectivity index (χ2v) is 13.9. The van der Waals surface area contributed by atoms with Crippen LogP contribution in [0.3, 0.4) is 0 Å². The van der Waals surface area contributed by atoms with Crippen LogP contribution in [0.2, 0.25) is 0 Å². The Morgan fingerprint density at radius 3 is 2.38 bits per heavy atom. The number of likely N-dealkylation sites (N-methyl/N-ethyl adjacent to an activating group) is 1. The molecule has 12 heteroatoms. The molecule has 4 aliphatic rings. The van der Waals surface area contributed by atoms with Gasteiger partial charge < -0.3 is 19.7 Å². The zero-order valence-corrected chi connectivity index (χ0v) is 29.9. The van der Waals surface area contributed by atoms with E-state index in [-0.39, 0.29) is 17.9 Å². The van der Waals surface area contributed by atoms with Crippen molar-refractivity contribution in [2.75, 3.05) is 50.1 Å². The molecule has 0 radical (unpaired) electrons. The average molecular weight is 723 g/mol. The van der Waals surface area contributed by atoms with Gasteiger partial charge in [-0.1, -0.05) is 66.4 Å². The number of amides is 2. The number of morpholine rings is 1. The summed E-state index contributed by atoms with van der Waals surface area (Å²) in [6.07, 6.45) is 13.0. The second kappa shape index (κ2) is 18.0. The molecule has 2 amide bonds. The predicted octanol–water partition coefficient (Wildman–Crippen LogP) is 6.28. The first-order chi connectivity index (χ1) is 25.4. The van der Waals surface area contributed by atoms with Crippen LogP contribution in [-0.4, -0.2) is 90.2 Å². The molecule has 2 aromatic carbocycles. The number of anilines is 2. The number of nitrogens with one attached hydrogen (secondary N) is 1. The quantitative estimate of drug-likeness (QED) is 0.258. The van der Waals surface area contributed by atoms with Crippen molar-refractivity contribution >= 4 is 52.1 Å². The molecule has 0 bridgehead atoms. The van der Waals surface area contributed by atoms with Crippen molar-refractivity contribution in [3.63, 3.8) is 0 Å². The van der Waals surface area contributed by atoms with Gasteiger partial charge in [-0.2, -0.15) is 0 Å². The van der Waals surface area contributed by atoms with Crippen LogP contribution in [0.4, 0.5) is 21.5 Å². The average Bonchev–Trinajstić information content (AvgIpc) is 3.61. The van der Waals surface area contributed by atoms with E-state index in [1.807, 2.05) is 61.6 Å². The molecule has 4 heterocycles. The maximum absolute atomic E-state index is 13.7. The van der Waals surface area contributed by atoms with E-state index in [2.05, 4.69) is 32.2 Å². The highest BCUT2D eigenvalue weighted by molar-refractivity contribution is 8.15. The van der Waals surface area contributed by atoms with Gasteiger partial charge in [0.25, 0.3) is 0 Å². The molecule has 3 atom stereocenters. The van der Waals surface area contributed by atoms with Crippen LogP contribution in [0.15, 0.2) is 114 Å². The number of amidine groups is 1. The Balaban J connectivity index is 0.000000362. The standard InChI is InChI=1S/C31H34N6O3S.C9H9FO/c1-35-16-4-6-27(35)29(38)33-23-9-7-22(8-10-23)28-30(39)37(21-25-5-2-3-15-32-25)31(41-28)34-24-11-13-26(14-12-24)36-17-19-40-20-18-36;10-9(7-11)8-5-3-1-2-4-6-8/h2-3,5,7-15,27-28H,4,6,16-21H2,1H3,(H,33,38);1-9H/t27-,28?;/m0./s1. The Hall–Kier alpha value is -4.91. The zero-order valence-electron chi connectivity index (χ0n) is 29.1. The van der Waals surface area contributed by atoms with E-state index in [0.717, 1.165) is 74.0 Å². The van der Waals surface area contributed by atoms with E-state index >= 15 is 0 Å². The van der Waals surface area contributed by atoms with Crippen molar-refractivity contribution in [1.29, 1.82) is 0 Å². The summed E-state index contributed by atoms with van der Waals surface area (Å²) in [6.45, 7) is 4.50. The van der Waals surface area contributed by atoms with Gasteiger partial charge >= 0.3 is 0 Å². The zero-order chi connectivity index (χ0) is 36.3. The van der Waals surface area contributed by atoms with Crippen molar-refractivity contribution < 1.29 is 23.5 Å². The van der Waals surface area contributed by atoms with Crippen molar-refractivity contribution in [1.82, 2.24) is 14.8 Å². The molecule has 3 aliphatic heterocycles. The molecular weight excluding hydrogens is 680 g/mol. The van der Waals surface area contributed by atoms with Gasteiger partial charge in [-0.15, -0.1) is 0 Å². The molecule has 0 spiro atoms. The number of alkyl halides is 1. The second-order valence-electron chi connectivity index (χ2n) is 12.8. The number of aldehydes is 1. The lowest BCUT2D eigenvalue weighted by Gasteiger charge is -2.28. The summed E-state index contributed by atoms with van der Waals surface area (Å²) < 4.78 is 18.2. The van der Waals surface area contributed by atoms with Crippen LogP contribution >= 0.6 is 11.8 Å². The van der Waals surface area contributed by atoms with Gasteiger partial charge in [0, 0.05) is 36.6 Å². The van der Waals surface area contributed by atoms with Crippen LogP contribution in [0, 0.1) is 5.92 Å². The summed E-state index contributed by atoms with van der Waals surface area (Å²) in [6, 6.07) is 21.3. The van der Waals surface area contributed by atoms with Crippen LogP contribution in [0.1, 0.15) is 29.3 Å². The molecule has 1 N–H and O–H groups in total. The normalized spacial score (nSPS) is 21.9. The lowest BCUT2D eigenvalue weighted by molar-refractivity contribution is -0.126. The number of aromatic nitrogens is 1. The van der Waals surface area contributed by atoms with Gasteiger partial charge in [0.2, 0.25) is 11.8 Å². The third-order valence-electron chi connectivity index (χ3n) is 9.24. The summed E-state index contributed by atoms with van der Waals surface area (Å²) in [5.74, 6) is -0.420. The van der Waals surface area contributed by atoms with Crippen LogP contribution in [0.25, 0.3) is 0 Å². The number of aliphatic imine (C=N–C) groups is 1. The minimum absolute atomic E-state index is 0.0136. The number of allylic oxidation sites excluding steroid dienone is 6. The molecule has 1 aliphatic carbocycles. The number of nitrogens with zero attached hydrogens (tertiary/aromatic N) is 5. The summed E-state index contributed by atoms with van der Waals surface area (Å²) in [5.41, 5.74) is 4.33. The van der Waals surface area contributed by atoms with Gasteiger partial charge in [-0.25, -0.2) is 9.38 Å². The summed E-state index contributed by atoms with van der Waals surface area (Å²) in [4.78, 5) is 52.0. The number of halogens is 1. The molecule has 3 fully saturated rings. The number of rotatable bonds is 9. The lowest BCUT2D eigenvalue weighted by Crippen LogP contribution is -2.37. The van der Waals surface area contributed by atoms with Crippen molar-refractivity contribution in [2.24, 2.45) is 10.9 Å². The molecule has 52 heavy (non-hydrogen) atoms. The van der Waals surface area contributed by atoms with Crippen molar-refractivity contribution in [3.05, 3.63) is 121 Å². The highest BCUT2D eigenvalue weighted by Crippen LogP contribution is 2.41. The van der Waals surface area contributed by atoms with E-state index in [9.17, 15) is 18.8 Å². The number of carbonyl (C=O) groups excluding carboxylic acids is 3. The minimum atomic E-state index is -1.41. The fraction of sp³-hybridized carbons (Fsp3) is 0.325. The molecule has 10 nitrogen and oxygen atoms in total. The first-order valence-electron chi connectivity index (χ1n) is 17.5. The number of hydrogen-bond acceptors (Lipinski definition) is 9. The fourth-order valence-corrected chi connectivity index (χ4v) is 7.48. The van der Waals surface area contributed by atoms with E-state index in [1.54, 1.807) is 47.6 Å². The summed E-state index contributed by atoms with van der Waals surface area (Å²) in [5, 5.41) is 3.24. The topological polar surface area (TPSA) is 107 Å². The van der Waals surface area contributed by atoms with Crippen LogP contribution in [0.5, 0.6) is 0 Å². The van der Waals surface area contributed by atoms with E-state index in [4.69, 9.17) is 9.73 Å². The Morgan fingerprint density at radius 2 is 1.75 bits per heavy atom. The van der Waals surface area contributed by atoms with E-state index < -0.39 is 17.3 Å². The van der Waals surface area contributed by atoms with Crippen LogP contribution < -0.4 is 10.2 Å². The van der Waals surface area contributed by atoms with Crippen molar-refractivity contribution in [2.45, 2.75) is 36.8 Å². The summed E-state index contributed by atoms with van der Waals surface area (Å²) >= 11 is 1.44. The number of pyridine rings is 1. The van der Waals surface area contributed by atoms with Gasteiger partial charge in [0.15, 0.2) is 17.6 Å². The summed E-state index contributed by atoms with van der Waals surface area (Å²) in [7, 11) is 1.98. The number of carbonyl (C=O) groups is 3. The number of benzene rings is 2. The van der Waals surface area contributed by atoms with Gasteiger partial charge in [-0.05, 0) is 80.5 Å². The third kappa shape index (κ3) is 9.49. The molecule has 2 unspecified atom stereocenters. The highest BCUT2D eigenvalue weighted by atomic mass is 32.2. The number of thioether (sulfide) groups is 1. The minimum Gasteiger partial charge on any atom is -0.378 e. The maximum Gasteiger partial charge on any atom is 0.247 e. The first-order valence-corrected chi connectivity index (χ1v) is 18.4. The Kier molecular flexibility index (Phi) is 12.8. The van der Waals surface area contributed by atoms with E-state index in [0.29, 0.717) is 18.0 Å². The molecular formula is C40H43FN6O4S. The highest BCUT2D eigenvalue weighted by Gasteiger charge is 2.39. The third-order valence-corrected chi connectivity index (χ3v) is 10.5. The Bertz CT molecular complexity index is 1780.